The number of esters is 1. The van der Waals surface area contributed by atoms with Crippen molar-refractivity contribution in [3.63, 3.8) is 0 Å². The van der Waals surface area contributed by atoms with Gasteiger partial charge in [0.15, 0.2) is 0 Å². The molecule has 2 aromatic carbocycles. The third kappa shape index (κ3) is 5.02. The minimum absolute atomic E-state index is 0.0476. The number of hydrogen-bond acceptors (Lipinski definition) is 6. The number of benzene rings is 2. The van der Waals surface area contributed by atoms with E-state index in [4.69, 9.17) is 14.6 Å². The molecule has 0 saturated heterocycles. The van der Waals surface area contributed by atoms with Crippen LogP contribution in [0.5, 0.6) is 5.75 Å². The van der Waals surface area contributed by atoms with Crippen LogP contribution in [0, 0.1) is 13.8 Å². The highest BCUT2D eigenvalue weighted by molar-refractivity contribution is 6.09. The first-order valence-electron chi connectivity index (χ1n) is 13.8. The smallest absolute Gasteiger partial charge is 0.337 e. The van der Waals surface area contributed by atoms with Crippen LogP contribution < -0.4 is 5.48 Å². The van der Waals surface area contributed by atoms with Crippen LogP contribution in [-0.4, -0.2) is 30.0 Å². The van der Waals surface area contributed by atoms with Crippen molar-refractivity contribution < 1.29 is 19.5 Å². The average Bonchev–Trinajstić information content (AvgIpc) is 3.40. The summed E-state index contributed by atoms with van der Waals surface area (Å²) in [5.41, 5.74) is 12.1. The van der Waals surface area contributed by atoms with Crippen molar-refractivity contribution in [2.24, 2.45) is 4.99 Å². The molecule has 1 aliphatic heterocycles. The fourth-order valence-corrected chi connectivity index (χ4v) is 6.59. The van der Waals surface area contributed by atoms with Gasteiger partial charge in [-0.2, -0.15) is 0 Å². The van der Waals surface area contributed by atoms with Gasteiger partial charge in [0.25, 0.3) is 0 Å². The maximum atomic E-state index is 13.8. The van der Waals surface area contributed by atoms with Crippen LogP contribution in [0.2, 0.25) is 0 Å². The molecule has 2 aliphatic carbocycles. The highest BCUT2D eigenvalue weighted by Crippen LogP contribution is 2.48. The van der Waals surface area contributed by atoms with Crippen LogP contribution in [0.1, 0.15) is 86.0 Å². The molecule has 1 saturated carbocycles. The Morgan fingerprint density at radius 2 is 1.79 bits per heavy atom. The SMILES string of the molecule is CCC1=C(C(=O)OC2CCCC2)C(c2cccc(O)c2)C2=C(NOC)CC(c3c(C)cccc3C)CC2=N1. The summed E-state index contributed by atoms with van der Waals surface area (Å²) in [5.74, 6) is -0.313. The Balaban J connectivity index is 1.68. The zero-order valence-electron chi connectivity index (χ0n) is 22.8. The first kappa shape index (κ1) is 26.2. The fraction of sp³-hybridized carbons (Fsp3) is 0.438. The molecule has 2 aromatic rings. The lowest BCUT2D eigenvalue weighted by molar-refractivity contribution is -0.144. The molecule has 200 valence electrons. The second-order valence-electron chi connectivity index (χ2n) is 10.7. The number of nitrogens with zero attached hydrogens (tertiary/aromatic N) is 1. The van der Waals surface area contributed by atoms with Crippen molar-refractivity contribution in [3.8, 4) is 5.75 Å². The van der Waals surface area contributed by atoms with Gasteiger partial charge in [-0.25, -0.2) is 4.79 Å². The first-order valence-corrected chi connectivity index (χ1v) is 13.8. The monoisotopic (exact) mass is 514 g/mol. The number of carbonyl (C=O) groups excluding carboxylic acids is 1. The van der Waals surface area contributed by atoms with E-state index in [2.05, 4.69) is 37.5 Å². The summed E-state index contributed by atoms with van der Waals surface area (Å²) < 4.78 is 6.06. The predicted octanol–water partition coefficient (Wildman–Crippen LogP) is 6.68. The number of ether oxygens (including phenoxy) is 1. The Bertz CT molecular complexity index is 1300. The molecule has 0 amide bonds. The minimum atomic E-state index is -0.407. The van der Waals surface area contributed by atoms with E-state index in [1.54, 1.807) is 19.2 Å². The molecule has 1 heterocycles. The molecular weight excluding hydrogens is 476 g/mol. The molecule has 3 aliphatic rings. The van der Waals surface area contributed by atoms with Crippen LogP contribution in [0.15, 0.2) is 70.0 Å². The molecule has 0 bridgehead atoms. The maximum Gasteiger partial charge on any atom is 0.337 e. The molecule has 2 atom stereocenters. The largest absolute Gasteiger partial charge is 0.508 e. The molecule has 38 heavy (non-hydrogen) atoms. The summed E-state index contributed by atoms with van der Waals surface area (Å²) in [6.45, 7) is 6.37. The number of allylic oxidation sites excluding steroid dienone is 3. The highest BCUT2D eigenvalue weighted by Gasteiger charge is 2.42. The summed E-state index contributed by atoms with van der Waals surface area (Å²) in [6.07, 6.45) is 6.04. The van der Waals surface area contributed by atoms with Gasteiger partial charge in [-0.3, -0.25) is 15.3 Å². The van der Waals surface area contributed by atoms with Crippen LogP contribution in [0.3, 0.4) is 0 Å². The first-order chi connectivity index (χ1) is 18.4. The average molecular weight is 515 g/mol. The van der Waals surface area contributed by atoms with E-state index in [0.717, 1.165) is 66.8 Å². The van der Waals surface area contributed by atoms with Crippen LogP contribution >= 0.6 is 0 Å². The Morgan fingerprint density at radius 1 is 1.08 bits per heavy atom. The molecule has 5 rings (SSSR count). The summed E-state index contributed by atoms with van der Waals surface area (Å²) in [6, 6.07) is 13.6. The number of aliphatic imine (C=N–C) groups is 1. The van der Waals surface area contributed by atoms with Crippen LogP contribution in [0.25, 0.3) is 0 Å². The molecule has 1 fully saturated rings. The number of aromatic hydroxyl groups is 1. The number of phenolic OH excluding ortho intramolecular Hbond substituents is 1. The number of phenols is 1. The number of aryl methyl sites for hydroxylation is 2. The number of hydroxylamine groups is 1. The minimum Gasteiger partial charge on any atom is -0.508 e. The molecule has 2 unspecified atom stereocenters. The van der Waals surface area contributed by atoms with Gasteiger partial charge in [0, 0.05) is 22.9 Å². The number of hydrogen-bond donors (Lipinski definition) is 2. The Hall–Kier alpha value is -3.38. The van der Waals surface area contributed by atoms with Gasteiger partial charge in [-0.05, 0) is 99.1 Å². The topological polar surface area (TPSA) is 80.2 Å². The summed E-state index contributed by atoms with van der Waals surface area (Å²) in [5, 5.41) is 10.4. The van der Waals surface area contributed by atoms with Crippen molar-refractivity contribution in [1.82, 2.24) is 5.48 Å². The normalized spacial score (nSPS) is 21.8. The number of rotatable bonds is 7. The summed E-state index contributed by atoms with van der Waals surface area (Å²) in [4.78, 5) is 24.5. The van der Waals surface area contributed by atoms with Crippen molar-refractivity contribution in [1.29, 1.82) is 0 Å². The quantitative estimate of drug-likeness (QED) is 0.318. The molecular formula is C32H38N2O4. The Kier molecular flexibility index (Phi) is 7.70. The van der Waals surface area contributed by atoms with E-state index in [1.807, 2.05) is 19.1 Å². The molecule has 0 radical (unpaired) electrons. The lowest BCUT2D eigenvalue weighted by Gasteiger charge is -2.37. The summed E-state index contributed by atoms with van der Waals surface area (Å²) in [7, 11) is 1.61. The van der Waals surface area contributed by atoms with Crippen molar-refractivity contribution in [3.05, 3.63) is 87.3 Å². The Labute approximate surface area is 225 Å². The number of carbonyl (C=O) groups is 1. The van der Waals surface area contributed by atoms with Crippen molar-refractivity contribution in [2.75, 3.05) is 7.11 Å². The van der Waals surface area contributed by atoms with E-state index in [1.165, 1.54) is 16.7 Å². The van der Waals surface area contributed by atoms with Gasteiger partial charge in [0.1, 0.15) is 11.9 Å². The van der Waals surface area contributed by atoms with Gasteiger partial charge in [-0.15, -0.1) is 0 Å². The fourth-order valence-electron chi connectivity index (χ4n) is 6.59. The van der Waals surface area contributed by atoms with Gasteiger partial charge < -0.3 is 9.84 Å². The third-order valence-electron chi connectivity index (χ3n) is 8.19. The van der Waals surface area contributed by atoms with Crippen molar-refractivity contribution in [2.45, 2.75) is 83.7 Å². The molecule has 0 spiro atoms. The van der Waals surface area contributed by atoms with E-state index in [0.29, 0.717) is 12.0 Å². The van der Waals surface area contributed by atoms with Gasteiger partial charge in [-0.1, -0.05) is 37.3 Å². The van der Waals surface area contributed by atoms with Gasteiger partial charge >= 0.3 is 5.97 Å². The lowest BCUT2D eigenvalue weighted by atomic mass is 9.70. The highest BCUT2D eigenvalue weighted by atomic mass is 16.6. The van der Waals surface area contributed by atoms with Crippen molar-refractivity contribution >= 4 is 11.7 Å². The lowest BCUT2D eigenvalue weighted by Crippen LogP contribution is -2.34. The predicted molar refractivity (Wildman–Crippen MR) is 149 cm³/mol. The standard InChI is InChI=1S/C32H38N2O4/c1-5-25-31(32(36)38-24-14-6-7-15-24)29(21-12-9-13-23(35)16-21)30-26(33-25)17-22(18-27(30)34-37-4)28-19(2)10-8-11-20(28)3/h8-13,16,22,24,29,34-35H,5-7,14-15,17-18H2,1-4H3. The van der Waals surface area contributed by atoms with E-state index < -0.39 is 5.92 Å². The number of nitrogens with one attached hydrogen (secondary N) is 1. The van der Waals surface area contributed by atoms with E-state index in [-0.39, 0.29) is 23.7 Å². The second kappa shape index (κ2) is 11.2. The van der Waals surface area contributed by atoms with E-state index in [9.17, 15) is 9.90 Å². The number of fused-ring (bicyclic) bond motifs is 1. The second-order valence-corrected chi connectivity index (χ2v) is 10.7. The van der Waals surface area contributed by atoms with E-state index >= 15 is 0 Å². The zero-order chi connectivity index (χ0) is 26.8. The third-order valence-corrected chi connectivity index (χ3v) is 8.19. The maximum absolute atomic E-state index is 13.8. The van der Waals surface area contributed by atoms with Crippen LogP contribution in [0.4, 0.5) is 0 Å². The van der Waals surface area contributed by atoms with Crippen LogP contribution in [-0.2, 0) is 14.4 Å². The van der Waals surface area contributed by atoms with Gasteiger partial charge in [0.05, 0.1) is 18.4 Å². The van der Waals surface area contributed by atoms with Gasteiger partial charge in [0.2, 0.25) is 0 Å². The molecule has 0 aromatic heterocycles. The summed E-state index contributed by atoms with van der Waals surface area (Å²) >= 11 is 0. The Morgan fingerprint density at radius 3 is 2.45 bits per heavy atom. The molecule has 6 nitrogen and oxygen atoms in total. The molecule has 2 N–H and O–H groups in total. The molecule has 6 heteroatoms. The zero-order valence-corrected chi connectivity index (χ0v) is 22.8.